The van der Waals surface area contributed by atoms with Crippen LogP contribution >= 0.6 is 0 Å². The van der Waals surface area contributed by atoms with Gasteiger partial charge in [0.25, 0.3) is 0 Å². The number of nitrogens with zero attached hydrogens (tertiary/aromatic N) is 5. The van der Waals surface area contributed by atoms with E-state index in [1.165, 1.54) is 15.4 Å². The van der Waals surface area contributed by atoms with E-state index in [9.17, 15) is 18.0 Å². The monoisotopic (exact) mass is 591 g/mol. The molecule has 0 saturated carbocycles. The van der Waals surface area contributed by atoms with Gasteiger partial charge < -0.3 is 35.1 Å². The van der Waals surface area contributed by atoms with Gasteiger partial charge in [-0.3, -0.25) is 0 Å². The fraction of sp³-hybridized carbons (Fsp3) is 0.536. The van der Waals surface area contributed by atoms with Gasteiger partial charge in [-0.25, -0.2) is 9.48 Å². The number of benzene rings is 1. The molecular weight excluding hydrogens is 555 g/mol. The Hall–Kier alpha value is -3.64. The maximum atomic E-state index is 13.4. The number of hydrogen-bond donors (Lipinski definition) is 3. The van der Waals surface area contributed by atoms with Crippen molar-refractivity contribution in [1.82, 2.24) is 24.5 Å². The topological polar surface area (TPSA) is 133 Å². The Morgan fingerprint density at radius 1 is 1.24 bits per heavy atom. The van der Waals surface area contributed by atoms with Gasteiger partial charge >= 0.3 is 12.1 Å². The van der Waals surface area contributed by atoms with Crippen molar-refractivity contribution in [3.8, 4) is 11.8 Å². The van der Waals surface area contributed by atoms with Gasteiger partial charge in [0.2, 0.25) is 0 Å². The van der Waals surface area contributed by atoms with Crippen LogP contribution in [0.25, 0.3) is 10.9 Å². The Morgan fingerprint density at radius 3 is 2.74 bits per heavy atom. The predicted octanol–water partition coefficient (Wildman–Crippen LogP) is 2.66. The van der Waals surface area contributed by atoms with Crippen molar-refractivity contribution in [2.24, 2.45) is 11.7 Å². The first-order chi connectivity index (χ1) is 20.1. The zero-order valence-corrected chi connectivity index (χ0v) is 23.4. The number of alkyl halides is 3. The van der Waals surface area contributed by atoms with Crippen LogP contribution in [0.1, 0.15) is 29.0 Å². The molecule has 1 aromatic carbocycles. The zero-order valence-electron chi connectivity index (χ0n) is 23.4. The summed E-state index contributed by atoms with van der Waals surface area (Å²) in [7, 11) is 2.08. The van der Waals surface area contributed by atoms with Crippen LogP contribution in [0.3, 0.4) is 0 Å². The lowest BCUT2D eigenvalue weighted by molar-refractivity contribution is -0.140. The first-order valence-electron chi connectivity index (χ1n) is 13.8. The number of hydrogen-bond acceptors (Lipinski definition) is 8. The second-order valence-corrected chi connectivity index (χ2v) is 10.2. The molecule has 2 unspecified atom stereocenters. The van der Waals surface area contributed by atoms with E-state index in [4.69, 9.17) is 20.3 Å². The lowest BCUT2D eigenvalue weighted by Crippen LogP contribution is -2.45. The van der Waals surface area contributed by atoms with Crippen molar-refractivity contribution in [2.45, 2.75) is 38.1 Å². The number of piperidine rings is 1. The number of aromatic carboxylic acids is 1. The third-order valence-corrected chi connectivity index (χ3v) is 7.11. The van der Waals surface area contributed by atoms with Crippen molar-refractivity contribution in [3.05, 3.63) is 41.9 Å². The molecule has 0 amide bonds. The van der Waals surface area contributed by atoms with Gasteiger partial charge in [0.1, 0.15) is 6.54 Å². The fourth-order valence-electron chi connectivity index (χ4n) is 5.12. The number of ether oxygens (including phenoxy) is 2. The number of rotatable bonds is 13. The normalized spacial score (nSPS) is 17.7. The summed E-state index contributed by atoms with van der Waals surface area (Å²) in [5.74, 6) is 4.61. The lowest BCUT2D eigenvalue weighted by atomic mass is 9.89. The van der Waals surface area contributed by atoms with Gasteiger partial charge in [0.05, 0.1) is 50.3 Å². The number of anilines is 1. The molecular formula is C28H36F3N7O4. The summed E-state index contributed by atoms with van der Waals surface area (Å²) in [5.41, 5.74) is 6.90. The Bertz CT molecular complexity index is 1400. The minimum absolute atomic E-state index is 0.0580. The van der Waals surface area contributed by atoms with E-state index in [0.717, 1.165) is 31.6 Å². The smallest absolute Gasteiger partial charge is 0.406 e. The SMILES string of the molecule is CN1CCC(Nc2cccc3c2cc(C#CCN)n3CC(F)(F)F)C(CCOCCOCCn2cc(C(=O)O)nn2)C1. The van der Waals surface area contributed by atoms with Gasteiger partial charge in [0.15, 0.2) is 5.69 Å². The van der Waals surface area contributed by atoms with E-state index in [1.807, 2.05) is 6.07 Å². The summed E-state index contributed by atoms with van der Waals surface area (Å²) in [6.45, 7) is 2.77. The molecule has 3 heterocycles. The number of nitrogens with two attached hydrogens (primary N) is 1. The Balaban J connectivity index is 1.31. The minimum Gasteiger partial charge on any atom is -0.476 e. The predicted molar refractivity (Wildman–Crippen MR) is 150 cm³/mol. The standard InChI is InChI=1S/C28H36F3N7O4/c1-36-10-7-23(20(17-36)8-12-41-14-15-42-13-11-37-18-25(27(39)40)34-35-37)33-24-5-2-6-26-22(24)16-21(4-3-9-32)38(26)19-28(29,30)31/h2,5-6,16,18,20,23,33H,7-15,17,19,32H2,1H3,(H,39,40). The number of likely N-dealkylation sites (tertiary alicyclic amines) is 1. The van der Waals surface area contributed by atoms with Crippen LogP contribution in [0.2, 0.25) is 0 Å². The number of halogens is 3. The first kappa shape index (κ1) is 31.3. The molecule has 4 rings (SSSR count). The number of nitrogens with one attached hydrogen (secondary N) is 1. The molecule has 1 aliphatic heterocycles. The van der Waals surface area contributed by atoms with E-state index in [1.54, 1.807) is 18.2 Å². The first-order valence-corrected chi connectivity index (χ1v) is 13.8. The fourth-order valence-corrected chi connectivity index (χ4v) is 5.12. The number of fused-ring (bicyclic) bond motifs is 1. The molecule has 0 spiro atoms. The highest BCUT2D eigenvalue weighted by atomic mass is 19.4. The second-order valence-electron chi connectivity index (χ2n) is 10.2. The average Bonchev–Trinajstić information content (AvgIpc) is 3.55. The molecule has 2 aromatic heterocycles. The Kier molecular flexibility index (Phi) is 10.8. The van der Waals surface area contributed by atoms with Gasteiger partial charge in [-0.05, 0) is 56.5 Å². The van der Waals surface area contributed by atoms with Crippen LogP contribution in [0.4, 0.5) is 18.9 Å². The van der Waals surface area contributed by atoms with Gasteiger partial charge in [-0.1, -0.05) is 17.2 Å². The Labute approximate surface area is 241 Å². The van der Waals surface area contributed by atoms with E-state index in [0.29, 0.717) is 43.9 Å². The molecule has 14 heteroatoms. The quantitative estimate of drug-likeness (QED) is 0.203. The van der Waals surface area contributed by atoms with Gasteiger partial charge in [-0.2, -0.15) is 13.2 Å². The van der Waals surface area contributed by atoms with E-state index in [2.05, 4.69) is 39.4 Å². The van der Waals surface area contributed by atoms with E-state index < -0.39 is 18.7 Å². The number of carboxylic acid groups (broad SMARTS) is 1. The second kappa shape index (κ2) is 14.5. The average molecular weight is 592 g/mol. The number of carboxylic acids is 1. The van der Waals surface area contributed by atoms with E-state index in [-0.39, 0.29) is 29.9 Å². The highest BCUT2D eigenvalue weighted by molar-refractivity contribution is 5.94. The lowest BCUT2D eigenvalue weighted by Gasteiger charge is -2.38. The molecule has 0 radical (unpaired) electrons. The summed E-state index contributed by atoms with van der Waals surface area (Å²) in [4.78, 5) is 13.1. The van der Waals surface area contributed by atoms with Crippen molar-refractivity contribution in [1.29, 1.82) is 0 Å². The maximum Gasteiger partial charge on any atom is 0.406 e. The van der Waals surface area contributed by atoms with Crippen molar-refractivity contribution in [2.75, 3.05) is 58.4 Å². The summed E-state index contributed by atoms with van der Waals surface area (Å²) >= 11 is 0. The summed E-state index contributed by atoms with van der Waals surface area (Å²) in [5, 5.41) is 20.5. The van der Waals surface area contributed by atoms with Crippen LogP contribution in [0.5, 0.6) is 0 Å². The summed E-state index contributed by atoms with van der Waals surface area (Å²) in [6.07, 6.45) is -1.35. The number of aromatic nitrogens is 4. The molecule has 3 aromatic rings. The molecule has 0 bridgehead atoms. The zero-order chi connectivity index (χ0) is 30.1. The minimum atomic E-state index is -4.39. The Morgan fingerprint density at radius 2 is 2.02 bits per heavy atom. The third kappa shape index (κ3) is 8.68. The van der Waals surface area contributed by atoms with Crippen molar-refractivity contribution in [3.63, 3.8) is 0 Å². The molecule has 0 aliphatic carbocycles. The van der Waals surface area contributed by atoms with Crippen molar-refractivity contribution >= 4 is 22.6 Å². The molecule has 4 N–H and O–H groups in total. The van der Waals surface area contributed by atoms with Crippen molar-refractivity contribution < 1.29 is 32.5 Å². The van der Waals surface area contributed by atoms with Crippen LogP contribution < -0.4 is 11.1 Å². The summed E-state index contributed by atoms with van der Waals surface area (Å²) < 4.78 is 54.1. The molecule has 228 valence electrons. The highest BCUT2D eigenvalue weighted by Gasteiger charge is 2.31. The largest absolute Gasteiger partial charge is 0.476 e. The highest BCUT2D eigenvalue weighted by Crippen LogP contribution is 2.32. The summed E-state index contributed by atoms with van der Waals surface area (Å²) in [6, 6.07) is 7.16. The molecule has 11 nitrogen and oxygen atoms in total. The van der Waals surface area contributed by atoms with Crippen LogP contribution in [0, 0.1) is 17.8 Å². The molecule has 1 fully saturated rings. The van der Waals surface area contributed by atoms with Crippen LogP contribution in [0.15, 0.2) is 30.5 Å². The van der Waals surface area contributed by atoms with Crippen LogP contribution in [-0.2, 0) is 22.6 Å². The molecule has 1 aliphatic rings. The molecule has 42 heavy (non-hydrogen) atoms. The maximum absolute atomic E-state index is 13.4. The number of carbonyl (C=O) groups is 1. The van der Waals surface area contributed by atoms with Gasteiger partial charge in [0, 0.05) is 30.3 Å². The van der Waals surface area contributed by atoms with Crippen LogP contribution in [-0.4, -0.2) is 101 Å². The van der Waals surface area contributed by atoms with Gasteiger partial charge in [-0.15, -0.1) is 5.10 Å². The third-order valence-electron chi connectivity index (χ3n) is 7.11. The molecule has 2 atom stereocenters. The molecule has 1 saturated heterocycles. The van der Waals surface area contributed by atoms with E-state index >= 15 is 0 Å².